The van der Waals surface area contributed by atoms with Gasteiger partial charge in [-0.25, -0.2) is 4.79 Å². The van der Waals surface area contributed by atoms with Crippen LogP contribution in [0.15, 0.2) is 36.9 Å². The second-order valence-electron chi connectivity index (χ2n) is 6.86. The van der Waals surface area contributed by atoms with E-state index < -0.39 is 0 Å². The largest absolute Gasteiger partial charge is 0.335 e. The number of rotatable bonds is 4. The third-order valence-corrected chi connectivity index (χ3v) is 5.08. The molecule has 4 heteroatoms. The summed E-state index contributed by atoms with van der Waals surface area (Å²) in [5.41, 5.74) is 2.00. The Morgan fingerprint density at radius 3 is 2.74 bits per heavy atom. The van der Waals surface area contributed by atoms with Gasteiger partial charge in [-0.1, -0.05) is 24.6 Å². The molecule has 2 bridgehead atoms. The number of carbonyl (C=O) groups is 1. The minimum Gasteiger partial charge on any atom is -0.335 e. The van der Waals surface area contributed by atoms with Gasteiger partial charge in [0.2, 0.25) is 0 Å². The van der Waals surface area contributed by atoms with E-state index in [1.165, 1.54) is 19.3 Å². The lowest BCUT2D eigenvalue weighted by molar-refractivity contribution is 0.0375. The van der Waals surface area contributed by atoms with E-state index in [-0.39, 0.29) is 12.1 Å². The molecule has 2 aliphatic heterocycles. The van der Waals surface area contributed by atoms with Crippen LogP contribution in [0.5, 0.6) is 0 Å². The van der Waals surface area contributed by atoms with Crippen molar-refractivity contribution in [3.63, 3.8) is 0 Å². The Kier molecular flexibility index (Phi) is 5.01. The summed E-state index contributed by atoms with van der Waals surface area (Å²) in [5, 5.41) is 6.13. The Labute approximate surface area is 138 Å². The van der Waals surface area contributed by atoms with Gasteiger partial charge in [-0.2, -0.15) is 0 Å². The van der Waals surface area contributed by atoms with Gasteiger partial charge in [0.1, 0.15) is 0 Å². The van der Waals surface area contributed by atoms with Crippen LogP contribution in [0.2, 0.25) is 0 Å². The van der Waals surface area contributed by atoms with E-state index in [0.29, 0.717) is 12.1 Å². The lowest BCUT2D eigenvalue weighted by Gasteiger charge is -2.48. The number of hydrogen-bond donors (Lipinski definition) is 2. The van der Waals surface area contributed by atoms with Gasteiger partial charge in [0.25, 0.3) is 0 Å². The SMILES string of the molecule is C=CCN1[C@@H]2CCC[C@H]1CC(NC(=O)Nc1cccc(C)c1)C2. The van der Waals surface area contributed by atoms with E-state index in [1.54, 1.807) is 0 Å². The van der Waals surface area contributed by atoms with Crippen molar-refractivity contribution in [3.8, 4) is 0 Å². The van der Waals surface area contributed by atoms with Gasteiger partial charge in [0.15, 0.2) is 0 Å². The molecule has 1 aromatic carbocycles. The van der Waals surface area contributed by atoms with Gasteiger partial charge in [-0.3, -0.25) is 4.90 Å². The maximum absolute atomic E-state index is 12.3. The van der Waals surface area contributed by atoms with Crippen LogP contribution in [0.25, 0.3) is 0 Å². The van der Waals surface area contributed by atoms with Gasteiger partial charge in [0, 0.05) is 30.4 Å². The number of aryl methyl sites for hydroxylation is 1. The number of hydrogen-bond acceptors (Lipinski definition) is 2. The summed E-state index contributed by atoms with van der Waals surface area (Å²) < 4.78 is 0. The Bertz CT molecular complexity index is 557. The number of amides is 2. The molecule has 1 aromatic rings. The molecule has 0 aromatic heterocycles. The molecule has 2 aliphatic rings. The fraction of sp³-hybridized carbons (Fsp3) is 0.526. The quantitative estimate of drug-likeness (QED) is 0.833. The van der Waals surface area contributed by atoms with E-state index in [4.69, 9.17) is 0 Å². The van der Waals surface area contributed by atoms with Crippen molar-refractivity contribution in [2.75, 3.05) is 11.9 Å². The van der Waals surface area contributed by atoms with Crippen molar-refractivity contribution >= 4 is 11.7 Å². The standard InChI is InChI=1S/C19H27N3O/c1-3-10-22-17-8-5-9-18(22)13-16(12-17)21-19(23)20-15-7-4-6-14(2)11-15/h3-4,6-7,11,16-18H,1,5,8-10,12-13H2,2H3,(H2,20,21,23)/t16?,17-,18+. The molecule has 124 valence electrons. The Morgan fingerprint density at radius 2 is 2.09 bits per heavy atom. The molecule has 2 N–H and O–H groups in total. The summed E-state index contributed by atoms with van der Waals surface area (Å²) in [5.74, 6) is 0. The smallest absolute Gasteiger partial charge is 0.319 e. The van der Waals surface area contributed by atoms with Gasteiger partial charge in [-0.05, 0) is 50.3 Å². The van der Waals surface area contributed by atoms with Crippen LogP contribution in [0, 0.1) is 6.92 Å². The Morgan fingerprint density at radius 1 is 1.35 bits per heavy atom. The van der Waals surface area contributed by atoms with E-state index in [9.17, 15) is 4.79 Å². The number of nitrogens with zero attached hydrogens (tertiary/aromatic N) is 1. The molecule has 2 amide bonds. The number of benzene rings is 1. The van der Waals surface area contributed by atoms with Crippen LogP contribution in [0.4, 0.5) is 10.5 Å². The Hall–Kier alpha value is -1.81. The first kappa shape index (κ1) is 16.1. The maximum Gasteiger partial charge on any atom is 0.319 e. The fourth-order valence-electron chi connectivity index (χ4n) is 4.12. The van der Waals surface area contributed by atoms with Gasteiger partial charge in [0.05, 0.1) is 0 Å². The molecule has 1 unspecified atom stereocenters. The van der Waals surface area contributed by atoms with Crippen molar-refractivity contribution < 1.29 is 4.79 Å². The summed E-state index contributed by atoms with van der Waals surface area (Å²) in [6.07, 6.45) is 7.88. The molecule has 4 nitrogen and oxygen atoms in total. The minimum atomic E-state index is -0.0872. The minimum absolute atomic E-state index is 0.0872. The zero-order valence-corrected chi connectivity index (χ0v) is 13.9. The van der Waals surface area contributed by atoms with Crippen LogP contribution >= 0.6 is 0 Å². The first-order chi connectivity index (χ1) is 11.2. The average Bonchev–Trinajstić information content (AvgIpc) is 2.48. The normalized spacial score (nSPS) is 27.3. The highest BCUT2D eigenvalue weighted by Crippen LogP contribution is 2.33. The highest BCUT2D eigenvalue weighted by Gasteiger charge is 2.37. The lowest BCUT2D eigenvalue weighted by atomic mass is 9.82. The zero-order chi connectivity index (χ0) is 16.2. The number of urea groups is 1. The topological polar surface area (TPSA) is 44.4 Å². The molecule has 3 atom stereocenters. The van der Waals surface area contributed by atoms with Crippen LogP contribution < -0.4 is 10.6 Å². The van der Waals surface area contributed by atoms with Crippen molar-refractivity contribution in [2.24, 2.45) is 0 Å². The van der Waals surface area contributed by atoms with Crippen molar-refractivity contribution in [1.29, 1.82) is 0 Å². The molecule has 0 saturated carbocycles. The summed E-state index contributed by atoms with van der Waals surface area (Å²) in [7, 11) is 0. The molecule has 0 spiro atoms. The highest BCUT2D eigenvalue weighted by atomic mass is 16.2. The van der Waals surface area contributed by atoms with Crippen LogP contribution in [0.3, 0.4) is 0 Å². The van der Waals surface area contributed by atoms with E-state index in [1.807, 2.05) is 37.3 Å². The zero-order valence-electron chi connectivity index (χ0n) is 13.9. The second kappa shape index (κ2) is 7.18. The second-order valence-corrected chi connectivity index (χ2v) is 6.86. The molecule has 23 heavy (non-hydrogen) atoms. The number of carbonyl (C=O) groups excluding carboxylic acids is 1. The first-order valence-corrected chi connectivity index (χ1v) is 8.66. The number of fused-ring (bicyclic) bond motifs is 2. The van der Waals surface area contributed by atoms with Crippen molar-refractivity contribution in [2.45, 2.75) is 57.2 Å². The third-order valence-electron chi connectivity index (χ3n) is 5.08. The van der Waals surface area contributed by atoms with Crippen LogP contribution in [0.1, 0.15) is 37.7 Å². The summed E-state index contributed by atoms with van der Waals surface area (Å²) >= 11 is 0. The number of piperidine rings is 2. The highest BCUT2D eigenvalue weighted by molar-refractivity contribution is 5.89. The average molecular weight is 313 g/mol. The lowest BCUT2D eigenvalue weighted by Crippen LogP contribution is -2.57. The van der Waals surface area contributed by atoms with Crippen molar-refractivity contribution in [1.82, 2.24) is 10.2 Å². The molecular weight excluding hydrogens is 286 g/mol. The van der Waals surface area contributed by atoms with Gasteiger partial charge in [-0.15, -0.1) is 6.58 Å². The first-order valence-electron chi connectivity index (χ1n) is 8.66. The summed E-state index contributed by atoms with van der Waals surface area (Å²) in [4.78, 5) is 14.8. The van der Waals surface area contributed by atoms with E-state index in [0.717, 1.165) is 30.6 Å². The van der Waals surface area contributed by atoms with E-state index in [2.05, 4.69) is 22.1 Å². The molecule has 0 radical (unpaired) electrons. The number of nitrogens with one attached hydrogen (secondary N) is 2. The molecule has 2 fully saturated rings. The van der Waals surface area contributed by atoms with Crippen LogP contribution in [-0.2, 0) is 0 Å². The monoisotopic (exact) mass is 313 g/mol. The summed E-state index contributed by atoms with van der Waals surface area (Å²) in [6, 6.07) is 9.26. The molecule has 2 saturated heterocycles. The fourth-order valence-corrected chi connectivity index (χ4v) is 4.12. The number of anilines is 1. The molecule has 0 aliphatic carbocycles. The molecule has 3 rings (SSSR count). The van der Waals surface area contributed by atoms with Crippen LogP contribution in [-0.4, -0.2) is 35.6 Å². The third kappa shape index (κ3) is 3.94. The predicted octanol–water partition coefficient (Wildman–Crippen LogP) is 3.69. The maximum atomic E-state index is 12.3. The molecule has 2 heterocycles. The van der Waals surface area contributed by atoms with Crippen molar-refractivity contribution in [3.05, 3.63) is 42.5 Å². The molecular formula is C19H27N3O. The summed E-state index contributed by atoms with van der Waals surface area (Å²) in [6.45, 7) is 6.88. The predicted molar refractivity (Wildman–Crippen MR) is 94.7 cm³/mol. The van der Waals surface area contributed by atoms with Gasteiger partial charge >= 0.3 is 6.03 Å². The Balaban J connectivity index is 1.56. The van der Waals surface area contributed by atoms with E-state index >= 15 is 0 Å². The van der Waals surface area contributed by atoms with Gasteiger partial charge < -0.3 is 10.6 Å².